The molecule has 0 unspecified atom stereocenters. The number of nitrogens with two attached hydrogens (primary N) is 1. The van der Waals surface area contributed by atoms with E-state index in [9.17, 15) is 9.59 Å². The van der Waals surface area contributed by atoms with E-state index >= 15 is 0 Å². The van der Waals surface area contributed by atoms with E-state index in [1.165, 1.54) is 0 Å². The van der Waals surface area contributed by atoms with Gasteiger partial charge in [-0.1, -0.05) is 11.6 Å². The number of nitrogens with zero attached hydrogens (tertiary/aromatic N) is 1. The fourth-order valence-corrected chi connectivity index (χ4v) is 1.95. The molecule has 110 valence electrons. The zero-order valence-corrected chi connectivity index (χ0v) is 12.0. The SMILES string of the molecule is CN(CCCCNC(=O)O)C(=O)c1ccc(N)cc1Cl. The van der Waals surface area contributed by atoms with Crippen LogP contribution in [-0.2, 0) is 0 Å². The first-order valence-corrected chi connectivity index (χ1v) is 6.57. The molecule has 1 rings (SSSR count). The van der Waals surface area contributed by atoms with E-state index in [1.54, 1.807) is 30.1 Å². The van der Waals surface area contributed by atoms with Crippen LogP contribution < -0.4 is 11.1 Å². The molecule has 7 heteroatoms. The number of benzene rings is 1. The Morgan fingerprint density at radius 3 is 2.70 bits per heavy atom. The van der Waals surface area contributed by atoms with Gasteiger partial charge in [0.2, 0.25) is 0 Å². The van der Waals surface area contributed by atoms with Crippen LogP contribution in [-0.4, -0.2) is 42.1 Å². The Morgan fingerprint density at radius 1 is 1.40 bits per heavy atom. The van der Waals surface area contributed by atoms with Crippen LogP contribution >= 0.6 is 11.6 Å². The number of hydrogen-bond donors (Lipinski definition) is 3. The monoisotopic (exact) mass is 299 g/mol. The van der Waals surface area contributed by atoms with Crippen LogP contribution in [0.15, 0.2) is 18.2 Å². The van der Waals surface area contributed by atoms with Crippen LogP contribution in [0.5, 0.6) is 0 Å². The summed E-state index contributed by atoms with van der Waals surface area (Å²) in [6.45, 7) is 0.904. The molecule has 0 aliphatic heterocycles. The van der Waals surface area contributed by atoms with Crippen molar-refractivity contribution in [2.75, 3.05) is 25.9 Å². The second-order valence-corrected chi connectivity index (χ2v) is 4.81. The van der Waals surface area contributed by atoms with Gasteiger partial charge in [-0.25, -0.2) is 4.79 Å². The van der Waals surface area contributed by atoms with Crippen molar-refractivity contribution in [3.63, 3.8) is 0 Å². The molecular weight excluding hydrogens is 282 g/mol. The summed E-state index contributed by atoms with van der Waals surface area (Å²) in [5, 5.41) is 11.0. The molecule has 0 spiro atoms. The smallest absolute Gasteiger partial charge is 0.404 e. The molecule has 20 heavy (non-hydrogen) atoms. The molecule has 0 aromatic heterocycles. The summed E-state index contributed by atoms with van der Waals surface area (Å²) < 4.78 is 0. The predicted octanol–water partition coefficient (Wildman–Crippen LogP) is 2.04. The number of carbonyl (C=O) groups is 2. The number of unbranched alkanes of at least 4 members (excludes halogenated alkanes) is 1. The van der Waals surface area contributed by atoms with E-state index in [4.69, 9.17) is 22.4 Å². The maximum atomic E-state index is 12.1. The second-order valence-electron chi connectivity index (χ2n) is 4.41. The number of halogens is 1. The Labute approximate surface area is 122 Å². The highest BCUT2D eigenvalue weighted by Gasteiger charge is 2.14. The first-order valence-electron chi connectivity index (χ1n) is 6.19. The number of nitrogen functional groups attached to an aromatic ring is 1. The van der Waals surface area contributed by atoms with Gasteiger partial charge in [-0.15, -0.1) is 0 Å². The van der Waals surface area contributed by atoms with E-state index in [2.05, 4.69) is 5.32 Å². The summed E-state index contributed by atoms with van der Waals surface area (Å²) in [5.74, 6) is -0.179. The lowest BCUT2D eigenvalue weighted by molar-refractivity contribution is 0.0792. The average Bonchev–Trinajstić information content (AvgIpc) is 2.37. The van der Waals surface area contributed by atoms with Gasteiger partial charge in [0.15, 0.2) is 0 Å². The van der Waals surface area contributed by atoms with Gasteiger partial charge in [-0.05, 0) is 31.0 Å². The largest absolute Gasteiger partial charge is 0.465 e. The lowest BCUT2D eigenvalue weighted by Crippen LogP contribution is -2.29. The van der Waals surface area contributed by atoms with E-state index in [0.717, 1.165) is 0 Å². The number of carboxylic acid groups (broad SMARTS) is 1. The lowest BCUT2D eigenvalue weighted by atomic mass is 10.1. The van der Waals surface area contributed by atoms with Crippen LogP contribution in [0.3, 0.4) is 0 Å². The fourth-order valence-electron chi connectivity index (χ4n) is 1.68. The zero-order chi connectivity index (χ0) is 15.1. The van der Waals surface area contributed by atoms with Crippen molar-refractivity contribution in [3.05, 3.63) is 28.8 Å². The Morgan fingerprint density at radius 2 is 2.10 bits per heavy atom. The van der Waals surface area contributed by atoms with Crippen molar-refractivity contribution in [3.8, 4) is 0 Å². The summed E-state index contributed by atoms with van der Waals surface area (Å²) in [6, 6.07) is 4.77. The van der Waals surface area contributed by atoms with Crippen molar-refractivity contribution in [2.45, 2.75) is 12.8 Å². The fraction of sp³-hybridized carbons (Fsp3) is 0.385. The number of carbonyl (C=O) groups excluding carboxylic acids is 1. The van der Waals surface area contributed by atoms with Gasteiger partial charge >= 0.3 is 6.09 Å². The Balaban J connectivity index is 2.44. The summed E-state index contributed by atoms with van der Waals surface area (Å²) in [6.07, 6.45) is 0.331. The van der Waals surface area contributed by atoms with Crippen LogP contribution in [0.4, 0.5) is 10.5 Å². The molecule has 0 aliphatic carbocycles. The molecule has 6 nitrogen and oxygen atoms in total. The van der Waals surface area contributed by atoms with Gasteiger partial charge < -0.3 is 21.1 Å². The first-order chi connectivity index (χ1) is 9.41. The number of hydrogen-bond acceptors (Lipinski definition) is 3. The van der Waals surface area contributed by atoms with Crippen molar-refractivity contribution < 1.29 is 14.7 Å². The number of anilines is 1. The lowest BCUT2D eigenvalue weighted by Gasteiger charge is -2.18. The van der Waals surface area contributed by atoms with Gasteiger partial charge in [0.25, 0.3) is 5.91 Å². The third-order valence-electron chi connectivity index (χ3n) is 2.77. The Bertz CT molecular complexity index is 494. The molecule has 1 aromatic carbocycles. The summed E-state index contributed by atoms with van der Waals surface area (Å²) >= 11 is 5.98. The molecule has 0 bridgehead atoms. The highest BCUT2D eigenvalue weighted by Crippen LogP contribution is 2.20. The van der Waals surface area contributed by atoms with Crippen LogP contribution in [0.2, 0.25) is 5.02 Å². The minimum atomic E-state index is -1.04. The van der Waals surface area contributed by atoms with Gasteiger partial charge in [0.05, 0.1) is 10.6 Å². The van der Waals surface area contributed by atoms with Crippen molar-refractivity contribution in [1.82, 2.24) is 10.2 Å². The quantitative estimate of drug-likeness (QED) is 0.553. The summed E-state index contributed by atoms with van der Waals surface area (Å²) in [7, 11) is 1.68. The van der Waals surface area contributed by atoms with Gasteiger partial charge in [-0.3, -0.25) is 4.79 Å². The first kappa shape index (κ1) is 16.1. The molecular formula is C13H18ClN3O3. The van der Waals surface area contributed by atoms with Crippen LogP contribution in [0.25, 0.3) is 0 Å². The van der Waals surface area contributed by atoms with Crippen LogP contribution in [0, 0.1) is 0 Å². The normalized spacial score (nSPS) is 10.1. The topological polar surface area (TPSA) is 95.7 Å². The average molecular weight is 300 g/mol. The second kappa shape index (κ2) is 7.59. The minimum absolute atomic E-state index is 0.179. The van der Waals surface area contributed by atoms with Gasteiger partial charge in [0.1, 0.15) is 0 Å². The Hall–Kier alpha value is -1.95. The maximum Gasteiger partial charge on any atom is 0.404 e. The molecule has 1 aromatic rings. The zero-order valence-electron chi connectivity index (χ0n) is 11.2. The number of amides is 2. The maximum absolute atomic E-state index is 12.1. The van der Waals surface area contributed by atoms with Crippen molar-refractivity contribution in [1.29, 1.82) is 0 Å². The third-order valence-corrected chi connectivity index (χ3v) is 3.08. The van der Waals surface area contributed by atoms with E-state index in [1.807, 2.05) is 0 Å². The molecule has 0 saturated carbocycles. The molecule has 0 saturated heterocycles. The summed E-state index contributed by atoms with van der Waals surface area (Å²) in [4.78, 5) is 23.9. The standard InChI is InChI=1S/C13H18ClN3O3/c1-17(7-3-2-6-16-13(19)20)12(18)10-5-4-9(15)8-11(10)14/h4-5,8,16H,2-3,6-7,15H2,1H3,(H,19,20). The number of nitrogens with one attached hydrogen (secondary N) is 1. The highest BCUT2D eigenvalue weighted by atomic mass is 35.5. The predicted molar refractivity (Wildman–Crippen MR) is 78.1 cm³/mol. The third kappa shape index (κ3) is 4.97. The number of rotatable bonds is 6. The molecule has 4 N–H and O–H groups in total. The molecule has 0 radical (unpaired) electrons. The molecule has 0 heterocycles. The van der Waals surface area contributed by atoms with Crippen molar-refractivity contribution >= 4 is 29.3 Å². The Kier molecular flexibility index (Phi) is 6.11. The van der Waals surface area contributed by atoms with E-state index < -0.39 is 6.09 Å². The van der Waals surface area contributed by atoms with Gasteiger partial charge in [0, 0.05) is 25.8 Å². The van der Waals surface area contributed by atoms with Crippen molar-refractivity contribution in [2.24, 2.45) is 0 Å². The molecule has 0 aliphatic rings. The molecule has 0 atom stereocenters. The van der Waals surface area contributed by atoms with E-state index in [0.29, 0.717) is 42.2 Å². The van der Waals surface area contributed by atoms with Crippen LogP contribution in [0.1, 0.15) is 23.2 Å². The highest BCUT2D eigenvalue weighted by molar-refractivity contribution is 6.34. The van der Waals surface area contributed by atoms with E-state index in [-0.39, 0.29) is 5.91 Å². The van der Waals surface area contributed by atoms with Gasteiger partial charge in [-0.2, -0.15) is 0 Å². The summed E-state index contributed by atoms with van der Waals surface area (Å²) in [5.41, 5.74) is 6.50. The minimum Gasteiger partial charge on any atom is -0.465 e. The molecule has 2 amide bonds. The molecule has 0 fully saturated rings.